The second-order valence-electron chi connectivity index (χ2n) is 5.64. The number of amides is 1. The van der Waals surface area contributed by atoms with Crippen molar-refractivity contribution in [3.8, 4) is 5.75 Å². The predicted molar refractivity (Wildman–Crippen MR) is 96.6 cm³/mol. The molecular weight excluding hydrogens is 302 g/mol. The van der Waals surface area contributed by atoms with Crippen LogP contribution in [0.15, 0.2) is 60.8 Å². The third kappa shape index (κ3) is 3.81. The molecule has 0 atom stereocenters. The van der Waals surface area contributed by atoms with Gasteiger partial charge < -0.3 is 15.0 Å². The van der Waals surface area contributed by atoms with Gasteiger partial charge in [-0.3, -0.25) is 9.78 Å². The normalized spacial score (nSPS) is 10.4. The van der Waals surface area contributed by atoms with E-state index in [1.807, 2.05) is 73.6 Å². The van der Waals surface area contributed by atoms with Gasteiger partial charge >= 0.3 is 0 Å². The first-order valence-corrected chi connectivity index (χ1v) is 7.67. The van der Waals surface area contributed by atoms with Gasteiger partial charge in [0.15, 0.2) is 6.61 Å². The zero-order valence-corrected chi connectivity index (χ0v) is 13.7. The Bertz CT molecular complexity index is 845. The number of pyridine rings is 1. The number of nitrogens with one attached hydrogen (secondary N) is 1. The molecule has 122 valence electrons. The van der Waals surface area contributed by atoms with E-state index in [9.17, 15) is 4.79 Å². The van der Waals surface area contributed by atoms with Crippen LogP contribution in [0.25, 0.3) is 10.9 Å². The quantitative estimate of drug-likeness (QED) is 0.783. The van der Waals surface area contributed by atoms with Crippen LogP contribution in [0, 0.1) is 0 Å². The van der Waals surface area contributed by atoms with Gasteiger partial charge in [0.1, 0.15) is 5.75 Å². The summed E-state index contributed by atoms with van der Waals surface area (Å²) in [5.41, 5.74) is 2.72. The van der Waals surface area contributed by atoms with Crippen LogP contribution < -0.4 is 15.0 Å². The van der Waals surface area contributed by atoms with E-state index in [0.29, 0.717) is 5.75 Å². The Morgan fingerprint density at radius 3 is 2.67 bits per heavy atom. The summed E-state index contributed by atoms with van der Waals surface area (Å²) in [4.78, 5) is 18.3. The molecule has 0 aliphatic heterocycles. The molecule has 0 radical (unpaired) electrons. The lowest BCUT2D eigenvalue weighted by Gasteiger charge is -2.13. The Morgan fingerprint density at radius 1 is 1.12 bits per heavy atom. The molecule has 1 N–H and O–H groups in total. The third-order valence-electron chi connectivity index (χ3n) is 3.61. The summed E-state index contributed by atoms with van der Waals surface area (Å²) in [7, 11) is 3.95. The van der Waals surface area contributed by atoms with Crippen LogP contribution in [0.3, 0.4) is 0 Å². The summed E-state index contributed by atoms with van der Waals surface area (Å²) in [5.74, 6) is 0.451. The van der Waals surface area contributed by atoms with Crippen LogP contribution in [-0.2, 0) is 4.79 Å². The molecule has 2 aromatic carbocycles. The summed E-state index contributed by atoms with van der Waals surface area (Å²) in [6.45, 7) is -0.0405. The second kappa shape index (κ2) is 7.00. The summed E-state index contributed by atoms with van der Waals surface area (Å²) >= 11 is 0. The van der Waals surface area contributed by atoms with E-state index in [-0.39, 0.29) is 12.5 Å². The summed E-state index contributed by atoms with van der Waals surface area (Å²) < 4.78 is 5.56. The number of carbonyl (C=O) groups excluding carboxylic acids is 1. The summed E-state index contributed by atoms with van der Waals surface area (Å²) in [6, 6.07) is 17.0. The third-order valence-corrected chi connectivity index (χ3v) is 3.61. The zero-order chi connectivity index (χ0) is 16.9. The summed E-state index contributed by atoms with van der Waals surface area (Å²) in [6.07, 6.45) is 1.75. The number of aromatic nitrogens is 1. The SMILES string of the molecule is CN(C)c1ccc(NC(=O)COc2ccc3ncccc3c2)cc1. The molecule has 1 aromatic heterocycles. The van der Waals surface area contributed by atoms with Crippen LogP contribution in [0.4, 0.5) is 11.4 Å². The first-order valence-electron chi connectivity index (χ1n) is 7.67. The molecular formula is C19H19N3O2. The van der Waals surface area contributed by atoms with Gasteiger partial charge in [-0.25, -0.2) is 0 Å². The average molecular weight is 321 g/mol. The van der Waals surface area contributed by atoms with Gasteiger partial charge in [-0.15, -0.1) is 0 Å². The highest BCUT2D eigenvalue weighted by Gasteiger charge is 2.05. The smallest absolute Gasteiger partial charge is 0.262 e. The van der Waals surface area contributed by atoms with Crippen molar-refractivity contribution >= 4 is 28.2 Å². The molecule has 0 bridgehead atoms. The largest absolute Gasteiger partial charge is 0.484 e. The number of ether oxygens (including phenoxy) is 1. The van der Waals surface area contributed by atoms with Crippen molar-refractivity contribution in [2.75, 3.05) is 30.9 Å². The van der Waals surface area contributed by atoms with Crippen molar-refractivity contribution < 1.29 is 9.53 Å². The minimum atomic E-state index is -0.195. The van der Waals surface area contributed by atoms with Gasteiger partial charge in [0, 0.05) is 37.1 Å². The first kappa shape index (κ1) is 15.8. The van der Waals surface area contributed by atoms with Crippen molar-refractivity contribution in [2.24, 2.45) is 0 Å². The Labute approximate surface area is 140 Å². The molecule has 0 aliphatic carbocycles. The number of hydrogen-bond acceptors (Lipinski definition) is 4. The maximum atomic E-state index is 12.0. The number of anilines is 2. The number of fused-ring (bicyclic) bond motifs is 1. The Morgan fingerprint density at radius 2 is 1.92 bits per heavy atom. The fourth-order valence-electron chi connectivity index (χ4n) is 2.33. The second-order valence-corrected chi connectivity index (χ2v) is 5.64. The predicted octanol–water partition coefficient (Wildman–Crippen LogP) is 3.32. The van der Waals surface area contributed by atoms with E-state index in [2.05, 4.69) is 10.3 Å². The van der Waals surface area contributed by atoms with E-state index in [1.165, 1.54) is 0 Å². The maximum Gasteiger partial charge on any atom is 0.262 e. The molecule has 3 rings (SSSR count). The first-order chi connectivity index (χ1) is 11.6. The average Bonchev–Trinajstić information content (AvgIpc) is 2.60. The van der Waals surface area contributed by atoms with Gasteiger partial charge in [0.05, 0.1) is 5.52 Å². The van der Waals surface area contributed by atoms with Crippen LogP contribution in [0.1, 0.15) is 0 Å². The fraction of sp³-hybridized carbons (Fsp3) is 0.158. The standard InChI is InChI=1S/C19H19N3O2/c1-22(2)16-7-5-15(6-8-16)21-19(23)13-24-17-9-10-18-14(12-17)4-3-11-20-18/h3-12H,13H2,1-2H3,(H,21,23). The molecule has 24 heavy (non-hydrogen) atoms. The van der Waals surface area contributed by atoms with Gasteiger partial charge in [-0.1, -0.05) is 6.07 Å². The van der Waals surface area contributed by atoms with Crippen LogP contribution in [0.5, 0.6) is 5.75 Å². The number of rotatable bonds is 5. The fourth-order valence-corrected chi connectivity index (χ4v) is 2.33. The highest BCUT2D eigenvalue weighted by molar-refractivity contribution is 5.92. The van der Waals surface area contributed by atoms with Gasteiger partial charge in [0.2, 0.25) is 0 Å². The van der Waals surface area contributed by atoms with Gasteiger partial charge in [0.25, 0.3) is 5.91 Å². The van der Waals surface area contributed by atoms with E-state index >= 15 is 0 Å². The maximum absolute atomic E-state index is 12.0. The van der Waals surface area contributed by atoms with Gasteiger partial charge in [-0.05, 0) is 48.5 Å². The molecule has 1 heterocycles. The molecule has 0 spiro atoms. The lowest BCUT2D eigenvalue weighted by atomic mass is 10.2. The number of benzene rings is 2. The topological polar surface area (TPSA) is 54.5 Å². The minimum absolute atomic E-state index is 0.0405. The van der Waals surface area contributed by atoms with Crippen molar-refractivity contribution in [2.45, 2.75) is 0 Å². The highest BCUT2D eigenvalue weighted by Crippen LogP contribution is 2.19. The molecule has 0 saturated carbocycles. The summed E-state index contributed by atoms with van der Waals surface area (Å²) in [5, 5.41) is 3.80. The monoisotopic (exact) mass is 321 g/mol. The Kier molecular flexibility index (Phi) is 4.61. The zero-order valence-electron chi connectivity index (χ0n) is 13.7. The van der Waals surface area contributed by atoms with Crippen molar-refractivity contribution in [1.82, 2.24) is 4.98 Å². The number of hydrogen-bond donors (Lipinski definition) is 1. The number of nitrogens with zero attached hydrogens (tertiary/aromatic N) is 2. The molecule has 1 amide bonds. The van der Waals surface area contributed by atoms with Crippen molar-refractivity contribution in [3.63, 3.8) is 0 Å². The molecule has 0 aliphatic rings. The van der Waals surface area contributed by atoms with E-state index in [1.54, 1.807) is 6.20 Å². The molecule has 3 aromatic rings. The van der Waals surface area contributed by atoms with Crippen molar-refractivity contribution in [3.05, 3.63) is 60.8 Å². The molecule has 0 unspecified atom stereocenters. The Balaban J connectivity index is 1.58. The molecule has 0 fully saturated rings. The lowest BCUT2D eigenvalue weighted by molar-refractivity contribution is -0.118. The Hall–Kier alpha value is -3.08. The van der Waals surface area contributed by atoms with Crippen LogP contribution in [0.2, 0.25) is 0 Å². The van der Waals surface area contributed by atoms with E-state index in [4.69, 9.17) is 4.74 Å². The lowest BCUT2D eigenvalue weighted by Crippen LogP contribution is -2.20. The minimum Gasteiger partial charge on any atom is -0.484 e. The van der Waals surface area contributed by atoms with Crippen molar-refractivity contribution in [1.29, 1.82) is 0 Å². The highest BCUT2D eigenvalue weighted by atomic mass is 16.5. The van der Waals surface area contributed by atoms with Crippen LogP contribution in [-0.4, -0.2) is 31.6 Å². The molecule has 5 heteroatoms. The van der Waals surface area contributed by atoms with Gasteiger partial charge in [-0.2, -0.15) is 0 Å². The van der Waals surface area contributed by atoms with Crippen LogP contribution >= 0.6 is 0 Å². The van der Waals surface area contributed by atoms with E-state index in [0.717, 1.165) is 22.3 Å². The molecule has 0 saturated heterocycles. The number of carbonyl (C=O) groups is 1. The van der Waals surface area contributed by atoms with E-state index < -0.39 is 0 Å². The molecule has 5 nitrogen and oxygen atoms in total.